The molecule has 3 heterocycles. The molecule has 4 rings (SSSR count). The zero-order chi connectivity index (χ0) is 24.6. The van der Waals surface area contributed by atoms with E-state index in [1.165, 1.54) is 0 Å². The normalized spacial score (nSPS) is 14.1. The average molecular weight is 514 g/mol. The van der Waals surface area contributed by atoms with Gasteiger partial charge in [-0.2, -0.15) is 0 Å². The van der Waals surface area contributed by atoms with E-state index in [1.54, 1.807) is 17.2 Å². The summed E-state index contributed by atoms with van der Waals surface area (Å²) >= 11 is 12.3. The van der Waals surface area contributed by atoms with Gasteiger partial charge in [0.15, 0.2) is 0 Å². The molecule has 1 aliphatic rings. The summed E-state index contributed by atoms with van der Waals surface area (Å²) in [6.45, 7) is 5.88. The highest BCUT2D eigenvalue weighted by atomic mass is 35.5. The minimum absolute atomic E-state index is 0.247. The summed E-state index contributed by atoms with van der Waals surface area (Å²) in [5.41, 5.74) is 3.87. The Kier molecular flexibility index (Phi) is 8.79. The number of nitrogens with zero attached hydrogens (tertiary/aromatic N) is 4. The molecule has 0 atom stereocenters. The number of anilines is 2. The number of halogens is 2. The number of nitrogens with one attached hydrogen (secondary N) is 1. The fourth-order valence-corrected chi connectivity index (χ4v) is 4.54. The van der Waals surface area contributed by atoms with Gasteiger partial charge in [0.1, 0.15) is 5.82 Å². The van der Waals surface area contributed by atoms with Crippen molar-refractivity contribution in [2.45, 2.75) is 26.3 Å². The number of carbonyl (C=O) groups is 1. The van der Waals surface area contributed by atoms with Gasteiger partial charge in [0.05, 0.1) is 6.61 Å². The van der Waals surface area contributed by atoms with Crippen LogP contribution in [-0.2, 0) is 17.7 Å². The van der Waals surface area contributed by atoms with Gasteiger partial charge in [-0.05, 0) is 56.2 Å². The maximum atomic E-state index is 12.5. The van der Waals surface area contributed by atoms with Gasteiger partial charge in [-0.3, -0.25) is 9.88 Å². The quantitative estimate of drug-likeness (QED) is 0.388. The summed E-state index contributed by atoms with van der Waals surface area (Å²) in [6, 6.07) is 15.3. The average Bonchev–Trinajstić information content (AvgIpc) is 2.83. The van der Waals surface area contributed by atoms with Crippen molar-refractivity contribution in [2.75, 3.05) is 38.1 Å². The van der Waals surface area contributed by atoms with Crippen molar-refractivity contribution in [2.24, 2.45) is 0 Å². The highest BCUT2D eigenvalue weighted by molar-refractivity contribution is 6.35. The number of hydrogen-bond donors (Lipinski definition) is 1. The lowest BCUT2D eigenvalue weighted by atomic mass is 10.2. The summed E-state index contributed by atoms with van der Waals surface area (Å²) in [7, 11) is 0. The Labute approximate surface area is 216 Å². The number of ether oxygens (including phenoxy) is 1. The highest BCUT2D eigenvalue weighted by Gasteiger charge is 2.23. The molecule has 0 radical (unpaired) electrons. The molecule has 7 nitrogen and oxygen atoms in total. The molecule has 0 unspecified atom stereocenters. The molecule has 0 bridgehead atoms. The van der Waals surface area contributed by atoms with Crippen LogP contribution in [0.15, 0.2) is 54.7 Å². The first-order chi connectivity index (χ1) is 17.0. The molecule has 1 saturated heterocycles. The fourth-order valence-electron chi connectivity index (χ4n) is 4.01. The van der Waals surface area contributed by atoms with E-state index < -0.39 is 0 Å². The van der Waals surface area contributed by atoms with Crippen molar-refractivity contribution in [1.82, 2.24) is 19.8 Å². The third kappa shape index (κ3) is 7.56. The molecule has 1 fully saturated rings. The Balaban J connectivity index is 1.23. The Bertz CT molecular complexity index is 1130. The van der Waals surface area contributed by atoms with Crippen molar-refractivity contribution >= 4 is 40.8 Å². The van der Waals surface area contributed by atoms with Gasteiger partial charge in [-0.1, -0.05) is 35.3 Å². The van der Waals surface area contributed by atoms with Crippen molar-refractivity contribution in [3.8, 4) is 0 Å². The number of hydrogen-bond acceptors (Lipinski definition) is 6. The zero-order valence-corrected chi connectivity index (χ0v) is 21.2. The SMILES string of the molecule is Cc1cccc(CCCOC(=O)N2CCN(Cc3cccnc3Nc3cc(Cl)cc(Cl)c3)CC2)n1. The molecule has 1 aliphatic heterocycles. The number of carbonyl (C=O) groups excluding carboxylic acids is 1. The molecule has 35 heavy (non-hydrogen) atoms. The molecule has 184 valence electrons. The summed E-state index contributed by atoms with van der Waals surface area (Å²) in [4.78, 5) is 25.5. The molecular formula is C26H29Cl2N5O2. The monoisotopic (exact) mass is 513 g/mol. The Morgan fingerprint density at radius 2 is 1.83 bits per heavy atom. The molecule has 1 N–H and O–H groups in total. The molecule has 3 aromatic rings. The third-order valence-electron chi connectivity index (χ3n) is 5.79. The summed E-state index contributed by atoms with van der Waals surface area (Å²) in [5, 5.41) is 4.44. The topological polar surface area (TPSA) is 70.6 Å². The van der Waals surface area contributed by atoms with Crippen molar-refractivity contribution in [3.05, 3.63) is 81.7 Å². The number of amides is 1. The second-order valence-electron chi connectivity index (χ2n) is 8.55. The number of aryl methyl sites for hydroxylation is 2. The van der Waals surface area contributed by atoms with Crippen LogP contribution in [0, 0.1) is 6.92 Å². The summed E-state index contributed by atoms with van der Waals surface area (Å²) in [5.74, 6) is 0.760. The largest absolute Gasteiger partial charge is 0.449 e. The smallest absolute Gasteiger partial charge is 0.409 e. The van der Waals surface area contributed by atoms with Crippen molar-refractivity contribution in [1.29, 1.82) is 0 Å². The number of rotatable bonds is 8. The van der Waals surface area contributed by atoms with Crippen LogP contribution in [0.25, 0.3) is 0 Å². The first-order valence-corrected chi connectivity index (χ1v) is 12.5. The van der Waals surface area contributed by atoms with E-state index in [2.05, 4.69) is 20.2 Å². The maximum Gasteiger partial charge on any atom is 0.409 e. The lowest BCUT2D eigenvalue weighted by Gasteiger charge is -2.34. The van der Waals surface area contributed by atoms with Crippen molar-refractivity contribution < 1.29 is 9.53 Å². The first kappa shape index (κ1) is 25.2. The fraction of sp³-hybridized carbons (Fsp3) is 0.346. The second-order valence-corrected chi connectivity index (χ2v) is 9.42. The molecular weight excluding hydrogens is 485 g/mol. The first-order valence-electron chi connectivity index (χ1n) is 11.7. The van der Waals surface area contributed by atoms with E-state index in [0.29, 0.717) is 29.7 Å². The summed E-state index contributed by atoms with van der Waals surface area (Å²) < 4.78 is 5.49. The van der Waals surface area contributed by atoms with Gasteiger partial charge in [-0.15, -0.1) is 0 Å². The van der Waals surface area contributed by atoms with Crippen LogP contribution in [0.5, 0.6) is 0 Å². The second kappa shape index (κ2) is 12.2. The Morgan fingerprint density at radius 1 is 1.06 bits per heavy atom. The molecule has 0 saturated carbocycles. The van der Waals surface area contributed by atoms with Crippen LogP contribution >= 0.6 is 23.2 Å². The molecule has 0 aliphatic carbocycles. The van der Waals surface area contributed by atoms with E-state index >= 15 is 0 Å². The van der Waals surface area contributed by atoms with Gasteiger partial charge in [0.25, 0.3) is 0 Å². The van der Waals surface area contributed by atoms with Gasteiger partial charge in [-0.25, -0.2) is 9.78 Å². The molecule has 0 spiro atoms. The van der Waals surface area contributed by atoms with E-state index in [1.807, 2.05) is 49.4 Å². The molecule has 2 aromatic heterocycles. The minimum atomic E-state index is -0.247. The number of aromatic nitrogens is 2. The molecule has 9 heteroatoms. The standard InChI is InChI=1S/C26H29Cl2N5O2/c1-19-5-2-7-23(30-19)8-4-14-35-26(34)33-12-10-32(11-13-33)18-20-6-3-9-29-25(20)31-24-16-21(27)15-22(28)17-24/h2-3,5-7,9,15-17H,4,8,10-14,18H2,1H3,(H,29,31). The molecule has 1 aromatic carbocycles. The van der Waals surface area contributed by atoms with E-state index in [4.69, 9.17) is 27.9 Å². The van der Waals surface area contributed by atoms with Crippen molar-refractivity contribution in [3.63, 3.8) is 0 Å². The predicted molar refractivity (Wildman–Crippen MR) is 139 cm³/mol. The summed E-state index contributed by atoms with van der Waals surface area (Å²) in [6.07, 6.45) is 3.06. The predicted octanol–water partition coefficient (Wildman–Crippen LogP) is 5.72. The highest BCUT2D eigenvalue weighted by Crippen LogP contribution is 2.26. The molecule has 1 amide bonds. The van der Waals surface area contributed by atoms with Gasteiger partial charge in [0, 0.05) is 71.6 Å². The van der Waals surface area contributed by atoms with Crippen LogP contribution in [0.2, 0.25) is 10.0 Å². The van der Waals surface area contributed by atoms with E-state index in [0.717, 1.165) is 60.9 Å². The van der Waals surface area contributed by atoms with Gasteiger partial charge in [0.2, 0.25) is 0 Å². The van der Waals surface area contributed by atoms with Gasteiger partial charge < -0.3 is 15.0 Å². The van der Waals surface area contributed by atoms with Crippen LogP contribution in [-0.4, -0.2) is 58.6 Å². The van der Waals surface area contributed by atoms with Crippen LogP contribution in [0.4, 0.5) is 16.3 Å². The minimum Gasteiger partial charge on any atom is -0.449 e. The van der Waals surface area contributed by atoms with Gasteiger partial charge >= 0.3 is 6.09 Å². The lowest BCUT2D eigenvalue weighted by molar-refractivity contribution is 0.0739. The van der Waals surface area contributed by atoms with Crippen LogP contribution in [0.1, 0.15) is 23.4 Å². The number of benzene rings is 1. The van der Waals surface area contributed by atoms with Crippen LogP contribution in [0.3, 0.4) is 0 Å². The zero-order valence-electron chi connectivity index (χ0n) is 19.7. The number of piperazine rings is 1. The van der Waals surface area contributed by atoms with Crippen LogP contribution < -0.4 is 5.32 Å². The number of pyridine rings is 2. The maximum absolute atomic E-state index is 12.5. The Hall–Kier alpha value is -2.87. The third-order valence-corrected chi connectivity index (χ3v) is 6.23. The lowest BCUT2D eigenvalue weighted by Crippen LogP contribution is -2.48. The van der Waals surface area contributed by atoms with E-state index in [-0.39, 0.29) is 6.09 Å². The Morgan fingerprint density at radius 3 is 2.57 bits per heavy atom. The van der Waals surface area contributed by atoms with E-state index in [9.17, 15) is 4.79 Å².